The Balaban J connectivity index is 2.65. The maximum absolute atomic E-state index is 12.9. The van der Waals surface area contributed by atoms with E-state index in [9.17, 15) is 17.6 Å². The molecule has 0 amide bonds. The van der Waals surface area contributed by atoms with E-state index in [0.29, 0.717) is 0 Å². The normalized spacial score (nSPS) is 11.6. The smallest absolute Gasteiger partial charge is 0.423 e. The van der Waals surface area contributed by atoms with Crippen molar-refractivity contribution in [3.8, 4) is 0 Å². The first-order valence-electron chi connectivity index (χ1n) is 4.58. The summed E-state index contributed by atoms with van der Waals surface area (Å²) in [7, 11) is -1.88. The van der Waals surface area contributed by atoms with Crippen molar-refractivity contribution in [2.75, 3.05) is 6.61 Å². The second kappa shape index (κ2) is 5.48. The lowest BCUT2D eigenvalue weighted by atomic mass is 9.79. The lowest BCUT2D eigenvalue weighted by Gasteiger charge is -2.09. The summed E-state index contributed by atoms with van der Waals surface area (Å²) in [6.07, 6.45) is -4.45. The van der Waals surface area contributed by atoms with Gasteiger partial charge in [0.15, 0.2) is 0 Å². The van der Waals surface area contributed by atoms with Crippen LogP contribution in [0.3, 0.4) is 0 Å². The molecule has 0 bridgehead atoms. The minimum atomic E-state index is -4.45. The summed E-state index contributed by atoms with van der Waals surface area (Å²) < 4.78 is 52.6. The summed E-state index contributed by atoms with van der Waals surface area (Å²) in [6.45, 7) is -1.91. The van der Waals surface area contributed by atoms with E-state index in [4.69, 9.17) is 10.0 Å². The highest BCUT2D eigenvalue weighted by Crippen LogP contribution is 2.15. The summed E-state index contributed by atoms with van der Waals surface area (Å²) in [5.41, 5.74) is -0.0482. The van der Waals surface area contributed by atoms with Crippen LogP contribution in [0, 0.1) is 5.82 Å². The molecule has 0 fully saturated rings. The Labute approximate surface area is 94.8 Å². The fraction of sp³-hybridized carbons (Fsp3) is 0.333. The predicted octanol–water partition coefficient (Wildman–Crippen LogP) is 0.584. The van der Waals surface area contributed by atoms with Gasteiger partial charge in [-0.05, 0) is 23.2 Å². The van der Waals surface area contributed by atoms with Crippen LogP contribution in [0.15, 0.2) is 18.2 Å². The molecule has 0 aliphatic heterocycles. The molecule has 0 saturated heterocycles. The van der Waals surface area contributed by atoms with Crippen LogP contribution in [-0.2, 0) is 11.3 Å². The van der Waals surface area contributed by atoms with Gasteiger partial charge in [0.05, 0.1) is 6.61 Å². The summed E-state index contributed by atoms with van der Waals surface area (Å²) in [5.74, 6) is -0.777. The van der Waals surface area contributed by atoms with Crippen molar-refractivity contribution >= 4 is 12.6 Å². The van der Waals surface area contributed by atoms with Crippen molar-refractivity contribution in [3.05, 3.63) is 29.6 Å². The molecule has 17 heavy (non-hydrogen) atoms. The summed E-state index contributed by atoms with van der Waals surface area (Å²) in [4.78, 5) is 0. The van der Waals surface area contributed by atoms with Gasteiger partial charge in [0.1, 0.15) is 12.4 Å². The van der Waals surface area contributed by atoms with E-state index in [1.165, 1.54) is 0 Å². The molecule has 0 aliphatic rings. The zero-order valence-corrected chi connectivity index (χ0v) is 8.54. The number of alkyl halides is 3. The highest BCUT2D eigenvalue weighted by Gasteiger charge is 2.27. The Morgan fingerprint density at radius 1 is 1.18 bits per heavy atom. The van der Waals surface area contributed by atoms with Gasteiger partial charge in [-0.1, -0.05) is 6.07 Å². The summed E-state index contributed by atoms with van der Waals surface area (Å²) in [5, 5.41) is 17.6. The van der Waals surface area contributed by atoms with Crippen molar-refractivity contribution < 1.29 is 32.3 Å². The fourth-order valence-electron chi connectivity index (χ4n) is 1.19. The summed E-state index contributed by atoms with van der Waals surface area (Å²) >= 11 is 0. The maximum atomic E-state index is 12.9. The van der Waals surface area contributed by atoms with Gasteiger partial charge in [-0.2, -0.15) is 13.2 Å². The molecule has 0 spiro atoms. The van der Waals surface area contributed by atoms with Gasteiger partial charge >= 0.3 is 13.3 Å². The molecule has 2 N–H and O–H groups in total. The van der Waals surface area contributed by atoms with Crippen LogP contribution in [0.4, 0.5) is 17.6 Å². The molecule has 0 saturated carbocycles. The van der Waals surface area contributed by atoms with Crippen molar-refractivity contribution in [1.82, 2.24) is 0 Å². The molecule has 1 aromatic rings. The van der Waals surface area contributed by atoms with Gasteiger partial charge < -0.3 is 14.8 Å². The predicted molar refractivity (Wildman–Crippen MR) is 51.9 cm³/mol. The van der Waals surface area contributed by atoms with E-state index in [1.807, 2.05) is 0 Å². The molecule has 0 atom stereocenters. The third-order valence-electron chi connectivity index (χ3n) is 1.81. The number of benzene rings is 1. The van der Waals surface area contributed by atoms with E-state index >= 15 is 0 Å². The molecule has 0 aromatic heterocycles. The van der Waals surface area contributed by atoms with Crippen molar-refractivity contribution in [3.63, 3.8) is 0 Å². The standard InChI is InChI=1S/C9H9BF4O3/c11-8-2-6(1-7(3-8)10(15)16)4-17-5-9(12,13)14/h1-3,15-16H,4-5H2. The van der Waals surface area contributed by atoms with Crippen LogP contribution in [-0.4, -0.2) is 29.9 Å². The van der Waals surface area contributed by atoms with Gasteiger partial charge in [0.2, 0.25) is 0 Å². The monoisotopic (exact) mass is 252 g/mol. The van der Waals surface area contributed by atoms with Crippen molar-refractivity contribution in [2.24, 2.45) is 0 Å². The molecule has 0 unspecified atom stereocenters. The average Bonchev–Trinajstić information content (AvgIpc) is 2.14. The second-order valence-electron chi connectivity index (χ2n) is 3.37. The van der Waals surface area contributed by atoms with Gasteiger partial charge in [-0.3, -0.25) is 0 Å². The molecule has 0 heterocycles. The Morgan fingerprint density at radius 3 is 2.35 bits per heavy atom. The second-order valence-corrected chi connectivity index (χ2v) is 3.37. The quantitative estimate of drug-likeness (QED) is 0.608. The third kappa shape index (κ3) is 5.16. The van der Waals surface area contributed by atoms with E-state index < -0.39 is 32.3 Å². The molecule has 3 nitrogen and oxygen atoms in total. The molecular weight excluding hydrogens is 243 g/mol. The lowest BCUT2D eigenvalue weighted by Crippen LogP contribution is -2.30. The third-order valence-corrected chi connectivity index (χ3v) is 1.81. The van der Waals surface area contributed by atoms with Crippen molar-refractivity contribution in [2.45, 2.75) is 12.8 Å². The van der Waals surface area contributed by atoms with E-state index in [-0.39, 0.29) is 11.0 Å². The van der Waals surface area contributed by atoms with Crippen LogP contribution in [0.1, 0.15) is 5.56 Å². The average molecular weight is 252 g/mol. The number of rotatable bonds is 4. The first-order chi connectivity index (χ1) is 7.78. The van der Waals surface area contributed by atoms with Crippen LogP contribution < -0.4 is 5.46 Å². The molecule has 0 radical (unpaired) electrons. The Bertz CT molecular complexity index is 381. The number of halogens is 4. The van der Waals surface area contributed by atoms with Crippen LogP contribution in [0.2, 0.25) is 0 Å². The number of ether oxygens (including phenoxy) is 1. The van der Waals surface area contributed by atoms with Gasteiger partial charge in [-0.25, -0.2) is 4.39 Å². The van der Waals surface area contributed by atoms with E-state index in [0.717, 1.165) is 18.2 Å². The Kier molecular flexibility index (Phi) is 4.50. The molecular formula is C9H9BF4O3. The largest absolute Gasteiger partial charge is 0.488 e. The SMILES string of the molecule is OB(O)c1cc(F)cc(COCC(F)(F)F)c1. The summed E-state index contributed by atoms with van der Waals surface area (Å²) in [6, 6.07) is 2.99. The minimum Gasteiger partial charge on any atom is -0.423 e. The van der Waals surface area contributed by atoms with Crippen LogP contribution in [0.25, 0.3) is 0 Å². The lowest BCUT2D eigenvalue weighted by molar-refractivity contribution is -0.176. The van der Waals surface area contributed by atoms with Gasteiger partial charge in [-0.15, -0.1) is 0 Å². The first kappa shape index (κ1) is 13.9. The zero-order chi connectivity index (χ0) is 13.1. The Hall–Kier alpha value is -1.12. The maximum Gasteiger partial charge on any atom is 0.488 e. The molecule has 1 aromatic carbocycles. The van der Waals surface area contributed by atoms with E-state index in [2.05, 4.69) is 4.74 Å². The molecule has 8 heteroatoms. The molecule has 0 aliphatic carbocycles. The zero-order valence-electron chi connectivity index (χ0n) is 8.54. The minimum absolute atomic E-state index is 0.0948. The molecule has 94 valence electrons. The highest BCUT2D eigenvalue weighted by molar-refractivity contribution is 6.58. The number of hydrogen-bond donors (Lipinski definition) is 2. The van der Waals surface area contributed by atoms with Crippen molar-refractivity contribution in [1.29, 1.82) is 0 Å². The Morgan fingerprint density at radius 2 is 1.82 bits per heavy atom. The molecule has 1 rings (SSSR count). The fourth-order valence-corrected chi connectivity index (χ4v) is 1.19. The van der Waals surface area contributed by atoms with E-state index in [1.54, 1.807) is 0 Å². The number of hydrogen-bond acceptors (Lipinski definition) is 3. The van der Waals surface area contributed by atoms with Gasteiger partial charge in [0, 0.05) is 0 Å². The van der Waals surface area contributed by atoms with Crippen LogP contribution >= 0.6 is 0 Å². The first-order valence-corrected chi connectivity index (χ1v) is 4.58. The highest BCUT2D eigenvalue weighted by atomic mass is 19.4. The van der Waals surface area contributed by atoms with Gasteiger partial charge in [0.25, 0.3) is 0 Å². The van der Waals surface area contributed by atoms with Crippen LogP contribution in [0.5, 0.6) is 0 Å². The topological polar surface area (TPSA) is 49.7 Å².